The number of rotatable bonds is 5. The number of piperidine rings is 1. The van der Waals surface area contributed by atoms with E-state index in [1.54, 1.807) is 48.5 Å². The lowest BCUT2D eigenvalue weighted by Gasteiger charge is -2.30. The van der Waals surface area contributed by atoms with E-state index in [-0.39, 0.29) is 23.1 Å². The molecule has 1 amide bonds. The van der Waals surface area contributed by atoms with Crippen molar-refractivity contribution in [2.75, 3.05) is 25.9 Å². The first kappa shape index (κ1) is 21.2. The maximum Gasteiger partial charge on any atom is 0.279 e. The second-order valence-corrected chi connectivity index (χ2v) is 9.74. The van der Waals surface area contributed by atoms with Crippen molar-refractivity contribution in [1.29, 1.82) is 0 Å². The molecule has 0 radical (unpaired) electrons. The lowest BCUT2D eigenvalue weighted by molar-refractivity contribution is 0.0936. The van der Waals surface area contributed by atoms with E-state index in [2.05, 4.69) is 10.4 Å². The summed E-state index contributed by atoms with van der Waals surface area (Å²) in [5.74, 6) is -0.167. The van der Waals surface area contributed by atoms with Crippen LogP contribution in [0.3, 0.4) is 0 Å². The summed E-state index contributed by atoms with van der Waals surface area (Å²) in [5, 5.41) is 8.24. The van der Waals surface area contributed by atoms with Gasteiger partial charge in [-0.05, 0) is 37.0 Å². The van der Waals surface area contributed by atoms with Crippen LogP contribution in [0.2, 0.25) is 0 Å². The first-order chi connectivity index (χ1) is 14.8. The van der Waals surface area contributed by atoms with E-state index >= 15 is 0 Å². The van der Waals surface area contributed by atoms with Crippen molar-refractivity contribution in [2.45, 2.75) is 12.8 Å². The Hall–Kier alpha value is -3.04. The van der Waals surface area contributed by atoms with Crippen LogP contribution in [-0.2, 0) is 10.0 Å². The zero-order valence-corrected chi connectivity index (χ0v) is 18.0. The van der Waals surface area contributed by atoms with E-state index < -0.39 is 10.0 Å². The summed E-state index contributed by atoms with van der Waals surface area (Å²) in [4.78, 5) is 26.0. The molecule has 31 heavy (non-hydrogen) atoms. The number of benzene rings is 2. The lowest BCUT2D eigenvalue weighted by atomic mass is 9.98. The number of para-hydroxylation sites is 1. The van der Waals surface area contributed by atoms with Crippen LogP contribution >= 0.6 is 0 Å². The quantitative estimate of drug-likeness (QED) is 0.652. The Morgan fingerprint density at radius 1 is 1.03 bits per heavy atom. The molecule has 3 aromatic rings. The van der Waals surface area contributed by atoms with Crippen molar-refractivity contribution in [1.82, 2.24) is 19.4 Å². The summed E-state index contributed by atoms with van der Waals surface area (Å²) >= 11 is 0. The highest BCUT2D eigenvalue weighted by molar-refractivity contribution is 7.88. The van der Waals surface area contributed by atoms with Gasteiger partial charge in [-0.25, -0.2) is 12.7 Å². The second kappa shape index (κ2) is 8.60. The van der Waals surface area contributed by atoms with Gasteiger partial charge in [0.2, 0.25) is 10.0 Å². The molecule has 1 aliphatic heterocycles. The largest absolute Gasteiger partial charge is 0.350 e. The fraction of sp³-hybridized carbons (Fsp3) is 0.318. The van der Waals surface area contributed by atoms with Crippen molar-refractivity contribution < 1.29 is 13.2 Å². The minimum Gasteiger partial charge on any atom is -0.350 e. The third-order valence-corrected chi connectivity index (χ3v) is 6.92. The number of hydrogen-bond donors (Lipinski definition) is 1. The topological polar surface area (TPSA) is 101 Å². The molecule has 0 saturated carbocycles. The van der Waals surface area contributed by atoms with Crippen molar-refractivity contribution >= 4 is 26.7 Å². The molecular weight excluding hydrogens is 416 g/mol. The van der Waals surface area contributed by atoms with Crippen LogP contribution in [0.25, 0.3) is 16.5 Å². The molecule has 0 spiro atoms. The van der Waals surface area contributed by atoms with Gasteiger partial charge in [0.05, 0.1) is 17.3 Å². The van der Waals surface area contributed by atoms with Crippen LogP contribution in [0.1, 0.15) is 23.3 Å². The lowest BCUT2D eigenvalue weighted by Crippen LogP contribution is -2.41. The normalized spacial score (nSPS) is 15.8. The fourth-order valence-corrected chi connectivity index (χ4v) is 4.74. The van der Waals surface area contributed by atoms with E-state index in [0.717, 1.165) is 0 Å². The van der Waals surface area contributed by atoms with Gasteiger partial charge >= 0.3 is 0 Å². The third kappa shape index (κ3) is 4.52. The van der Waals surface area contributed by atoms with Crippen molar-refractivity contribution in [2.24, 2.45) is 5.92 Å². The van der Waals surface area contributed by atoms with Crippen LogP contribution in [0.4, 0.5) is 0 Å². The van der Waals surface area contributed by atoms with Gasteiger partial charge in [-0.2, -0.15) is 9.78 Å². The van der Waals surface area contributed by atoms with Gasteiger partial charge in [0, 0.05) is 25.0 Å². The van der Waals surface area contributed by atoms with Gasteiger partial charge in [0.15, 0.2) is 5.69 Å². The average Bonchev–Trinajstić information content (AvgIpc) is 2.78. The summed E-state index contributed by atoms with van der Waals surface area (Å²) in [5.41, 5.74) is 0.486. The number of nitrogens with zero attached hydrogens (tertiary/aromatic N) is 3. The van der Waals surface area contributed by atoms with Crippen molar-refractivity contribution in [3.05, 3.63) is 70.6 Å². The number of amides is 1. The first-order valence-corrected chi connectivity index (χ1v) is 12.0. The maximum absolute atomic E-state index is 13.0. The van der Waals surface area contributed by atoms with Gasteiger partial charge in [-0.15, -0.1) is 0 Å². The predicted molar refractivity (Wildman–Crippen MR) is 119 cm³/mol. The summed E-state index contributed by atoms with van der Waals surface area (Å²) in [6.07, 6.45) is 2.59. The fourth-order valence-electron chi connectivity index (χ4n) is 3.87. The second-order valence-electron chi connectivity index (χ2n) is 7.76. The monoisotopic (exact) mass is 440 g/mol. The zero-order chi connectivity index (χ0) is 22.0. The van der Waals surface area contributed by atoms with Crippen LogP contribution in [0, 0.1) is 5.92 Å². The number of fused-ring (bicyclic) bond motifs is 1. The molecule has 9 heteroatoms. The minimum atomic E-state index is -3.18. The Morgan fingerprint density at radius 2 is 1.65 bits per heavy atom. The summed E-state index contributed by atoms with van der Waals surface area (Å²) in [6, 6.07) is 15.9. The van der Waals surface area contributed by atoms with Gasteiger partial charge < -0.3 is 5.32 Å². The van der Waals surface area contributed by atoms with Gasteiger partial charge in [-0.3, -0.25) is 9.59 Å². The Balaban J connectivity index is 1.57. The molecule has 1 aliphatic rings. The van der Waals surface area contributed by atoms with Crippen molar-refractivity contribution in [3.63, 3.8) is 0 Å². The smallest absolute Gasteiger partial charge is 0.279 e. The van der Waals surface area contributed by atoms with Crippen LogP contribution in [0.5, 0.6) is 0 Å². The Kier molecular flexibility index (Phi) is 5.88. The summed E-state index contributed by atoms with van der Waals surface area (Å²) in [6.45, 7) is 1.34. The van der Waals surface area contributed by atoms with Crippen molar-refractivity contribution in [3.8, 4) is 5.69 Å². The summed E-state index contributed by atoms with van der Waals surface area (Å²) in [7, 11) is -3.18. The highest BCUT2D eigenvalue weighted by atomic mass is 32.2. The standard InChI is InChI=1S/C22H24N4O4S/c1-31(29,30)25-13-11-16(12-14-25)15-23-21(27)20-18-9-5-6-10-19(18)22(28)26(24-20)17-7-3-2-4-8-17/h2-10,16H,11-15H2,1H3,(H,23,27). The molecule has 1 saturated heterocycles. The molecule has 0 bridgehead atoms. The zero-order valence-electron chi connectivity index (χ0n) is 17.2. The molecule has 0 aliphatic carbocycles. The molecule has 162 valence electrons. The molecule has 8 nitrogen and oxygen atoms in total. The Bertz CT molecular complexity index is 1260. The molecule has 1 aromatic heterocycles. The molecular formula is C22H24N4O4S. The molecule has 0 unspecified atom stereocenters. The number of carbonyl (C=O) groups excluding carboxylic acids is 1. The third-order valence-electron chi connectivity index (χ3n) is 5.61. The number of hydrogen-bond acceptors (Lipinski definition) is 5. The van der Waals surface area contributed by atoms with Gasteiger partial charge in [0.1, 0.15) is 0 Å². The van der Waals surface area contributed by atoms with Gasteiger partial charge in [-0.1, -0.05) is 36.4 Å². The van der Waals surface area contributed by atoms with Crippen LogP contribution in [0.15, 0.2) is 59.4 Å². The maximum atomic E-state index is 13.0. The number of nitrogens with one attached hydrogen (secondary N) is 1. The van der Waals surface area contributed by atoms with E-state index in [4.69, 9.17) is 0 Å². The molecule has 0 atom stereocenters. The van der Waals surface area contributed by atoms with E-state index in [1.807, 2.05) is 6.07 Å². The molecule has 2 aromatic carbocycles. The number of carbonyl (C=O) groups is 1. The molecule has 1 fully saturated rings. The summed E-state index contributed by atoms with van der Waals surface area (Å²) < 4.78 is 26.1. The van der Waals surface area contributed by atoms with E-state index in [0.29, 0.717) is 48.9 Å². The van der Waals surface area contributed by atoms with Crippen LogP contribution < -0.4 is 10.9 Å². The number of aromatic nitrogens is 2. The highest BCUT2D eigenvalue weighted by Crippen LogP contribution is 2.19. The minimum absolute atomic E-state index is 0.188. The highest BCUT2D eigenvalue weighted by Gasteiger charge is 2.25. The Morgan fingerprint density at radius 3 is 2.29 bits per heavy atom. The molecule has 1 N–H and O–H groups in total. The Labute approximate surface area is 180 Å². The van der Waals surface area contributed by atoms with E-state index in [9.17, 15) is 18.0 Å². The number of sulfonamides is 1. The predicted octanol–water partition coefficient (Wildman–Crippen LogP) is 1.79. The van der Waals surface area contributed by atoms with Gasteiger partial charge in [0.25, 0.3) is 11.5 Å². The SMILES string of the molecule is CS(=O)(=O)N1CCC(CNC(=O)c2nn(-c3ccccc3)c(=O)c3ccccc23)CC1. The first-order valence-electron chi connectivity index (χ1n) is 10.2. The van der Waals surface area contributed by atoms with Crippen LogP contribution in [-0.4, -0.2) is 54.3 Å². The average molecular weight is 441 g/mol. The van der Waals surface area contributed by atoms with E-state index in [1.165, 1.54) is 15.2 Å². The molecule has 4 rings (SSSR count). The molecule has 2 heterocycles.